The third kappa shape index (κ3) is 3.74. The van der Waals surface area contributed by atoms with E-state index in [-0.39, 0.29) is 17.0 Å². The summed E-state index contributed by atoms with van der Waals surface area (Å²) in [6, 6.07) is 11.6. The van der Waals surface area contributed by atoms with Crippen LogP contribution in [0.3, 0.4) is 0 Å². The van der Waals surface area contributed by atoms with Crippen LogP contribution in [0.5, 0.6) is 5.75 Å². The lowest BCUT2D eigenvalue weighted by atomic mass is 10.1. The summed E-state index contributed by atoms with van der Waals surface area (Å²) in [4.78, 5) is 36.0. The van der Waals surface area contributed by atoms with Crippen LogP contribution in [0.25, 0.3) is 0 Å². The maximum absolute atomic E-state index is 12.4. The first-order chi connectivity index (χ1) is 12.6. The van der Waals surface area contributed by atoms with Crippen LogP contribution in [-0.4, -0.2) is 24.3 Å². The molecule has 0 aliphatic carbocycles. The van der Waals surface area contributed by atoms with Crippen LogP contribution < -0.4 is 15.4 Å². The van der Waals surface area contributed by atoms with E-state index in [1.165, 1.54) is 0 Å². The molecule has 0 saturated heterocycles. The zero-order chi connectivity index (χ0) is 18.5. The molecule has 2 aromatic rings. The summed E-state index contributed by atoms with van der Waals surface area (Å²) < 4.78 is 5.63. The largest absolute Gasteiger partial charge is 0.494 e. The van der Waals surface area contributed by atoms with E-state index in [2.05, 4.69) is 17.6 Å². The molecule has 0 spiro atoms. The van der Waals surface area contributed by atoms with Crippen LogP contribution in [0.2, 0.25) is 0 Å². The number of carbonyl (C=O) groups excluding carboxylic acids is 3. The molecule has 2 N–H and O–H groups in total. The van der Waals surface area contributed by atoms with Gasteiger partial charge in [0, 0.05) is 5.56 Å². The highest BCUT2D eigenvalue weighted by Gasteiger charge is 2.29. The highest BCUT2D eigenvalue weighted by Crippen LogP contribution is 2.25. The highest BCUT2D eigenvalue weighted by molar-refractivity contribution is 6.25. The van der Waals surface area contributed by atoms with E-state index in [1.54, 1.807) is 42.5 Å². The zero-order valence-corrected chi connectivity index (χ0v) is 14.5. The van der Waals surface area contributed by atoms with Crippen LogP contribution in [0.1, 0.15) is 57.3 Å². The molecule has 0 aromatic heterocycles. The lowest BCUT2D eigenvalue weighted by molar-refractivity contribution is 0.0879. The van der Waals surface area contributed by atoms with Crippen molar-refractivity contribution < 1.29 is 19.1 Å². The first-order valence-corrected chi connectivity index (χ1v) is 8.63. The second-order valence-corrected chi connectivity index (χ2v) is 6.05. The van der Waals surface area contributed by atoms with Crippen molar-refractivity contribution in [3.05, 3.63) is 59.2 Å². The van der Waals surface area contributed by atoms with Crippen LogP contribution in [0.4, 0.5) is 5.69 Å². The maximum atomic E-state index is 12.4. The number of fused-ring (bicyclic) bond motifs is 1. The van der Waals surface area contributed by atoms with Crippen LogP contribution in [-0.2, 0) is 0 Å². The van der Waals surface area contributed by atoms with Crippen molar-refractivity contribution in [3.8, 4) is 5.75 Å². The zero-order valence-electron chi connectivity index (χ0n) is 14.5. The van der Waals surface area contributed by atoms with E-state index in [0.717, 1.165) is 19.3 Å². The Balaban J connectivity index is 1.68. The molecular formula is C20H20N2O4. The van der Waals surface area contributed by atoms with Gasteiger partial charge in [0.25, 0.3) is 17.7 Å². The molecule has 134 valence electrons. The Hall–Kier alpha value is -3.15. The van der Waals surface area contributed by atoms with Gasteiger partial charge in [-0.15, -0.1) is 0 Å². The first-order valence-electron chi connectivity index (χ1n) is 8.63. The quantitative estimate of drug-likeness (QED) is 0.591. The SMILES string of the molecule is CCCCCOc1ccc(C(=O)Nc2cccc3c2C(=O)NC3=O)cc1. The molecule has 26 heavy (non-hydrogen) atoms. The molecular weight excluding hydrogens is 332 g/mol. The Morgan fingerprint density at radius 2 is 1.81 bits per heavy atom. The van der Waals surface area contributed by atoms with Gasteiger partial charge >= 0.3 is 0 Å². The summed E-state index contributed by atoms with van der Waals surface area (Å²) in [5.41, 5.74) is 1.22. The van der Waals surface area contributed by atoms with E-state index in [1.807, 2.05) is 0 Å². The fourth-order valence-electron chi connectivity index (χ4n) is 2.76. The molecule has 3 rings (SSSR count). The van der Waals surface area contributed by atoms with Gasteiger partial charge in [0.2, 0.25) is 0 Å². The number of rotatable bonds is 7. The Bertz CT molecular complexity index is 843. The average Bonchev–Trinajstić information content (AvgIpc) is 2.94. The molecule has 1 heterocycles. The molecule has 0 atom stereocenters. The standard InChI is InChI=1S/C20H20N2O4/c1-2-3-4-12-26-14-10-8-13(9-11-14)18(23)21-16-7-5-6-15-17(16)20(25)22-19(15)24/h5-11H,2-4,12H2,1H3,(H,21,23)(H,22,24,25). The van der Waals surface area contributed by atoms with Gasteiger partial charge in [0.1, 0.15) is 5.75 Å². The van der Waals surface area contributed by atoms with E-state index in [4.69, 9.17) is 4.74 Å². The van der Waals surface area contributed by atoms with E-state index < -0.39 is 11.8 Å². The number of amides is 3. The molecule has 1 aliphatic heterocycles. The predicted octanol–water partition coefficient (Wildman–Crippen LogP) is 3.39. The molecule has 0 fully saturated rings. The van der Waals surface area contributed by atoms with Crippen molar-refractivity contribution in [1.82, 2.24) is 5.32 Å². The third-order valence-corrected chi connectivity index (χ3v) is 4.14. The number of hydrogen-bond acceptors (Lipinski definition) is 4. The molecule has 2 aromatic carbocycles. The number of benzene rings is 2. The Labute approximate surface area is 151 Å². The lowest BCUT2D eigenvalue weighted by Gasteiger charge is -2.09. The molecule has 0 unspecified atom stereocenters. The Kier molecular flexibility index (Phi) is 5.31. The van der Waals surface area contributed by atoms with Gasteiger partial charge in [-0.25, -0.2) is 0 Å². The normalized spacial score (nSPS) is 12.5. The van der Waals surface area contributed by atoms with E-state index >= 15 is 0 Å². The average molecular weight is 352 g/mol. The molecule has 6 nitrogen and oxygen atoms in total. The Morgan fingerprint density at radius 3 is 2.54 bits per heavy atom. The number of unbranched alkanes of at least 4 members (excludes halogenated alkanes) is 2. The highest BCUT2D eigenvalue weighted by atomic mass is 16.5. The van der Waals surface area contributed by atoms with Crippen molar-refractivity contribution >= 4 is 23.4 Å². The van der Waals surface area contributed by atoms with Crippen LogP contribution in [0.15, 0.2) is 42.5 Å². The van der Waals surface area contributed by atoms with Crippen molar-refractivity contribution in [1.29, 1.82) is 0 Å². The van der Waals surface area contributed by atoms with Gasteiger partial charge in [-0.05, 0) is 42.8 Å². The van der Waals surface area contributed by atoms with Crippen molar-refractivity contribution in [3.63, 3.8) is 0 Å². The summed E-state index contributed by atoms with van der Waals surface area (Å²) in [6.07, 6.45) is 3.26. The number of imide groups is 1. The number of hydrogen-bond donors (Lipinski definition) is 2. The van der Waals surface area contributed by atoms with Gasteiger partial charge in [-0.3, -0.25) is 19.7 Å². The fourth-order valence-corrected chi connectivity index (χ4v) is 2.76. The molecule has 1 aliphatic rings. The maximum Gasteiger partial charge on any atom is 0.261 e. The predicted molar refractivity (Wildman–Crippen MR) is 97.7 cm³/mol. The van der Waals surface area contributed by atoms with Crippen LogP contribution >= 0.6 is 0 Å². The van der Waals surface area contributed by atoms with Gasteiger partial charge in [-0.2, -0.15) is 0 Å². The minimum absolute atomic E-state index is 0.196. The Morgan fingerprint density at radius 1 is 1.04 bits per heavy atom. The number of anilines is 1. The van der Waals surface area contributed by atoms with Gasteiger partial charge < -0.3 is 10.1 Å². The summed E-state index contributed by atoms with van der Waals surface area (Å²) in [7, 11) is 0. The molecule has 3 amide bonds. The fraction of sp³-hybridized carbons (Fsp3) is 0.250. The van der Waals surface area contributed by atoms with E-state index in [9.17, 15) is 14.4 Å². The van der Waals surface area contributed by atoms with Crippen LogP contribution in [0, 0.1) is 0 Å². The summed E-state index contributed by atoms with van der Waals surface area (Å²) >= 11 is 0. The topological polar surface area (TPSA) is 84.5 Å². The van der Waals surface area contributed by atoms with Gasteiger partial charge in [0.05, 0.1) is 23.4 Å². The minimum atomic E-state index is -0.503. The number of carbonyl (C=O) groups is 3. The number of ether oxygens (including phenoxy) is 1. The summed E-state index contributed by atoms with van der Waals surface area (Å²) in [5, 5.41) is 4.92. The summed E-state index contributed by atoms with van der Waals surface area (Å²) in [5.74, 6) is -0.603. The second kappa shape index (κ2) is 7.82. The lowest BCUT2D eigenvalue weighted by Crippen LogP contribution is -2.20. The van der Waals surface area contributed by atoms with Gasteiger partial charge in [0.15, 0.2) is 0 Å². The van der Waals surface area contributed by atoms with Crippen molar-refractivity contribution in [2.45, 2.75) is 26.2 Å². The van der Waals surface area contributed by atoms with Gasteiger partial charge in [-0.1, -0.05) is 25.8 Å². The van der Waals surface area contributed by atoms with Crippen molar-refractivity contribution in [2.75, 3.05) is 11.9 Å². The third-order valence-electron chi connectivity index (χ3n) is 4.14. The smallest absolute Gasteiger partial charge is 0.261 e. The second-order valence-electron chi connectivity index (χ2n) is 6.05. The molecule has 0 radical (unpaired) electrons. The molecule has 0 saturated carbocycles. The minimum Gasteiger partial charge on any atom is -0.494 e. The number of nitrogens with one attached hydrogen (secondary N) is 2. The first kappa shape index (κ1) is 17.7. The van der Waals surface area contributed by atoms with Crippen molar-refractivity contribution in [2.24, 2.45) is 0 Å². The molecule has 0 bridgehead atoms. The molecule has 6 heteroatoms. The summed E-state index contributed by atoms with van der Waals surface area (Å²) in [6.45, 7) is 2.79. The van der Waals surface area contributed by atoms with E-state index in [0.29, 0.717) is 23.6 Å². The monoisotopic (exact) mass is 352 g/mol.